The van der Waals surface area contributed by atoms with Crippen LogP contribution in [0.5, 0.6) is 5.75 Å². The van der Waals surface area contributed by atoms with Crippen molar-refractivity contribution in [3.05, 3.63) is 93.9 Å². The predicted octanol–water partition coefficient (Wildman–Crippen LogP) is 3.82. The number of nitro benzene ring substituents is 1. The number of carbonyl (C=O) groups is 2. The zero-order valence-electron chi connectivity index (χ0n) is 16.2. The van der Waals surface area contributed by atoms with Gasteiger partial charge in [0.2, 0.25) is 0 Å². The number of carbonyl (C=O) groups excluding carboxylic acids is 2. The number of nitrogens with zero attached hydrogens (tertiary/aromatic N) is 2. The Balaban J connectivity index is 1.95. The van der Waals surface area contributed by atoms with Crippen molar-refractivity contribution in [1.82, 2.24) is 0 Å². The predicted molar refractivity (Wildman–Crippen MR) is 110 cm³/mol. The third-order valence-corrected chi connectivity index (χ3v) is 4.93. The van der Waals surface area contributed by atoms with Crippen LogP contribution in [-0.4, -0.2) is 28.8 Å². The molecule has 1 amide bonds. The van der Waals surface area contributed by atoms with Gasteiger partial charge in [0.25, 0.3) is 17.4 Å². The smallest absolute Gasteiger partial charge is 0.300 e. The molecule has 9 heteroatoms. The lowest BCUT2D eigenvalue weighted by molar-refractivity contribution is -0.384. The molecular weight excluding hydrogens is 404 g/mol. The largest absolute Gasteiger partial charge is 0.507 e. The molecule has 1 saturated heterocycles. The van der Waals surface area contributed by atoms with Crippen LogP contribution in [0, 0.1) is 10.1 Å². The summed E-state index contributed by atoms with van der Waals surface area (Å²) in [5, 5.41) is 22.1. The normalized spacial score (nSPS) is 17.7. The van der Waals surface area contributed by atoms with Crippen molar-refractivity contribution in [3.63, 3.8) is 0 Å². The molecule has 1 fully saturated rings. The molecule has 0 spiro atoms. The lowest BCUT2D eigenvalue weighted by Crippen LogP contribution is -2.29. The van der Waals surface area contributed by atoms with E-state index in [0.717, 1.165) is 6.07 Å². The van der Waals surface area contributed by atoms with Crippen LogP contribution in [0.15, 0.2) is 76.9 Å². The number of methoxy groups -OCH3 is 1. The van der Waals surface area contributed by atoms with E-state index < -0.39 is 28.4 Å². The summed E-state index contributed by atoms with van der Waals surface area (Å²) in [7, 11) is 1.43. The molecule has 9 nitrogen and oxygen atoms in total. The number of non-ortho nitro benzene ring substituents is 1. The van der Waals surface area contributed by atoms with E-state index in [1.54, 1.807) is 36.4 Å². The molecule has 0 saturated carbocycles. The molecule has 2 aromatic carbocycles. The van der Waals surface area contributed by atoms with Crippen LogP contribution in [0.1, 0.15) is 17.4 Å². The zero-order valence-corrected chi connectivity index (χ0v) is 16.2. The highest BCUT2D eigenvalue weighted by Gasteiger charge is 2.49. The van der Waals surface area contributed by atoms with Gasteiger partial charge in [0, 0.05) is 17.7 Å². The first-order valence-corrected chi connectivity index (χ1v) is 9.16. The van der Waals surface area contributed by atoms with Crippen LogP contribution in [0.4, 0.5) is 11.4 Å². The van der Waals surface area contributed by atoms with Crippen LogP contribution in [0.2, 0.25) is 0 Å². The Kier molecular flexibility index (Phi) is 5.00. The topological polar surface area (TPSA) is 123 Å². The van der Waals surface area contributed by atoms with Gasteiger partial charge in [-0.2, -0.15) is 0 Å². The van der Waals surface area contributed by atoms with Gasteiger partial charge in [0.05, 0.1) is 29.6 Å². The molecular formula is C22H16N2O7. The maximum Gasteiger partial charge on any atom is 0.300 e. The van der Waals surface area contributed by atoms with Crippen molar-refractivity contribution in [2.24, 2.45) is 0 Å². The maximum atomic E-state index is 13.0. The molecule has 2 heterocycles. The standard InChI is InChI=1S/C22H16N2O7/c1-30-16-9-3-2-8-15(16)23-19(17-10-5-11-31-17)18(21(26)22(23)27)20(25)13-6-4-7-14(12-13)24(28)29/h2-12,19,25H,1H3/b20-18-. The molecule has 1 aromatic heterocycles. The Morgan fingerprint density at radius 1 is 1.13 bits per heavy atom. The molecule has 0 radical (unpaired) electrons. The second-order valence-electron chi connectivity index (χ2n) is 6.66. The van der Waals surface area contributed by atoms with E-state index in [0.29, 0.717) is 11.4 Å². The van der Waals surface area contributed by atoms with Crippen molar-refractivity contribution in [2.75, 3.05) is 12.0 Å². The number of para-hydroxylation sites is 2. The number of hydrogen-bond acceptors (Lipinski definition) is 7. The van der Waals surface area contributed by atoms with Gasteiger partial charge in [-0.05, 0) is 24.3 Å². The molecule has 156 valence electrons. The third-order valence-electron chi connectivity index (χ3n) is 4.93. The van der Waals surface area contributed by atoms with E-state index in [9.17, 15) is 24.8 Å². The van der Waals surface area contributed by atoms with E-state index >= 15 is 0 Å². The highest BCUT2D eigenvalue weighted by molar-refractivity contribution is 6.51. The van der Waals surface area contributed by atoms with Crippen LogP contribution < -0.4 is 9.64 Å². The number of aliphatic hydroxyl groups excluding tert-OH is 1. The fourth-order valence-corrected chi connectivity index (χ4v) is 3.55. The molecule has 1 unspecified atom stereocenters. The number of nitro groups is 1. The highest BCUT2D eigenvalue weighted by Crippen LogP contribution is 2.45. The highest BCUT2D eigenvalue weighted by atomic mass is 16.6. The van der Waals surface area contributed by atoms with Crippen LogP contribution >= 0.6 is 0 Å². The van der Waals surface area contributed by atoms with Gasteiger partial charge in [-0.25, -0.2) is 0 Å². The summed E-state index contributed by atoms with van der Waals surface area (Å²) >= 11 is 0. The summed E-state index contributed by atoms with van der Waals surface area (Å²) in [5.41, 5.74) is -0.167. The Labute approximate surface area is 175 Å². The lowest BCUT2D eigenvalue weighted by atomic mass is 9.99. The summed E-state index contributed by atoms with van der Waals surface area (Å²) in [6.07, 6.45) is 1.38. The number of amides is 1. The quantitative estimate of drug-likeness (QED) is 0.219. The summed E-state index contributed by atoms with van der Waals surface area (Å²) < 4.78 is 10.8. The second-order valence-corrected chi connectivity index (χ2v) is 6.66. The van der Waals surface area contributed by atoms with Crippen LogP contribution in [0.25, 0.3) is 5.76 Å². The summed E-state index contributed by atoms with van der Waals surface area (Å²) in [4.78, 5) is 37.7. The first kappa shape index (κ1) is 19.9. The molecule has 4 rings (SSSR count). The minimum atomic E-state index is -1.09. The Morgan fingerprint density at radius 2 is 1.90 bits per heavy atom. The minimum Gasteiger partial charge on any atom is -0.507 e. The van der Waals surface area contributed by atoms with E-state index in [2.05, 4.69) is 0 Å². The lowest BCUT2D eigenvalue weighted by Gasteiger charge is -2.24. The summed E-state index contributed by atoms with van der Waals surface area (Å²) in [6.45, 7) is 0. The number of aliphatic hydroxyl groups is 1. The number of anilines is 1. The van der Waals surface area contributed by atoms with Gasteiger partial charge in [-0.15, -0.1) is 0 Å². The van der Waals surface area contributed by atoms with Crippen molar-refractivity contribution in [3.8, 4) is 5.75 Å². The van der Waals surface area contributed by atoms with E-state index in [-0.39, 0.29) is 22.6 Å². The fourth-order valence-electron chi connectivity index (χ4n) is 3.55. The Hall–Kier alpha value is -4.40. The van der Waals surface area contributed by atoms with Crippen molar-refractivity contribution in [2.45, 2.75) is 6.04 Å². The van der Waals surface area contributed by atoms with Gasteiger partial charge in [-0.3, -0.25) is 24.6 Å². The molecule has 1 aliphatic rings. The molecule has 1 N–H and O–H groups in total. The number of benzene rings is 2. The Morgan fingerprint density at radius 3 is 2.58 bits per heavy atom. The number of furan rings is 1. The molecule has 1 aliphatic heterocycles. The number of ether oxygens (including phenoxy) is 1. The maximum absolute atomic E-state index is 13.0. The fraction of sp³-hybridized carbons (Fsp3) is 0.0909. The first-order valence-electron chi connectivity index (χ1n) is 9.16. The van der Waals surface area contributed by atoms with Gasteiger partial charge in [0.15, 0.2) is 0 Å². The SMILES string of the molecule is COc1ccccc1N1C(=O)C(=O)/C(=C(\O)c2cccc([N+](=O)[O-])c2)C1c1ccco1. The van der Waals surface area contributed by atoms with Crippen LogP contribution in [0.3, 0.4) is 0 Å². The Bertz CT molecular complexity index is 1210. The molecule has 1 atom stereocenters. The molecule has 31 heavy (non-hydrogen) atoms. The third kappa shape index (κ3) is 3.31. The second kappa shape index (κ2) is 7.79. The number of Topliss-reactive ketones (excluding diaryl/α,β-unsaturated/α-hetero) is 1. The minimum absolute atomic E-state index is 0.0313. The molecule has 0 bridgehead atoms. The monoisotopic (exact) mass is 420 g/mol. The van der Waals surface area contributed by atoms with Crippen LogP contribution in [-0.2, 0) is 9.59 Å². The summed E-state index contributed by atoms with van der Waals surface area (Å²) in [5.74, 6) is -1.80. The van der Waals surface area contributed by atoms with E-state index in [1.165, 1.54) is 36.5 Å². The number of hydrogen-bond donors (Lipinski definition) is 1. The van der Waals surface area contributed by atoms with Crippen molar-refractivity contribution < 1.29 is 28.8 Å². The zero-order chi connectivity index (χ0) is 22.1. The van der Waals surface area contributed by atoms with E-state index in [1.807, 2.05) is 0 Å². The van der Waals surface area contributed by atoms with Crippen molar-refractivity contribution in [1.29, 1.82) is 0 Å². The van der Waals surface area contributed by atoms with Crippen molar-refractivity contribution >= 4 is 28.8 Å². The number of rotatable bonds is 5. The average Bonchev–Trinajstić information content (AvgIpc) is 3.40. The molecule has 3 aromatic rings. The van der Waals surface area contributed by atoms with Gasteiger partial charge in [0.1, 0.15) is 23.3 Å². The number of ketones is 1. The first-order chi connectivity index (χ1) is 14.9. The van der Waals surface area contributed by atoms with E-state index in [4.69, 9.17) is 9.15 Å². The average molecular weight is 420 g/mol. The summed E-state index contributed by atoms with van der Waals surface area (Å²) in [6, 6.07) is 13.9. The molecule has 0 aliphatic carbocycles. The van der Waals surface area contributed by atoms with Gasteiger partial charge >= 0.3 is 0 Å². The van der Waals surface area contributed by atoms with Gasteiger partial charge < -0.3 is 14.3 Å². The van der Waals surface area contributed by atoms with Gasteiger partial charge in [-0.1, -0.05) is 24.3 Å².